The number of piperazine rings is 1. The van der Waals surface area contributed by atoms with Crippen molar-refractivity contribution in [1.82, 2.24) is 14.9 Å². The molecule has 2 heterocycles. The van der Waals surface area contributed by atoms with Gasteiger partial charge in [0.05, 0.1) is 5.69 Å². The molecule has 7 heteroatoms. The highest BCUT2D eigenvalue weighted by atomic mass is 32.2. The van der Waals surface area contributed by atoms with Crippen LogP contribution in [0.5, 0.6) is 0 Å². The molecule has 1 aliphatic rings. The highest BCUT2D eigenvalue weighted by Gasteiger charge is 2.18. The summed E-state index contributed by atoms with van der Waals surface area (Å²) in [6.45, 7) is 7.43. The van der Waals surface area contributed by atoms with Gasteiger partial charge in [-0.1, -0.05) is 6.92 Å². The molecular weight excluding hydrogens is 274 g/mol. The van der Waals surface area contributed by atoms with Crippen LogP contribution >= 0.6 is 11.8 Å². The predicted molar refractivity (Wildman–Crippen MR) is 84.4 cm³/mol. The average Bonchev–Trinajstić information content (AvgIpc) is 2.46. The van der Waals surface area contributed by atoms with Crippen LogP contribution in [0.15, 0.2) is 10.9 Å². The third-order valence-electron chi connectivity index (χ3n) is 3.35. The zero-order valence-electron chi connectivity index (χ0n) is 12.0. The Morgan fingerprint density at radius 1 is 1.40 bits per heavy atom. The van der Waals surface area contributed by atoms with E-state index in [1.54, 1.807) is 17.8 Å². The first-order chi connectivity index (χ1) is 9.72. The molecule has 1 aliphatic heterocycles. The summed E-state index contributed by atoms with van der Waals surface area (Å²) in [5.74, 6) is 2.53. The van der Waals surface area contributed by atoms with E-state index in [9.17, 15) is 4.79 Å². The molecule has 6 nitrogen and oxygen atoms in total. The Kier molecular flexibility index (Phi) is 5.87. The Morgan fingerprint density at radius 3 is 2.80 bits per heavy atom. The molecule has 1 aromatic heterocycles. The number of hydrogen-bond donors (Lipinski definition) is 2. The number of H-pyrrole nitrogens is 1. The summed E-state index contributed by atoms with van der Waals surface area (Å²) in [6.07, 6.45) is 0. The second-order valence-electron chi connectivity index (χ2n) is 4.81. The van der Waals surface area contributed by atoms with E-state index in [4.69, 9.17) is 5.73 Å². The van der Waals surface area contributed by atoms with Gasteiger partial charge in [0.2, 0.25) is 5.95 Å². The Labute approximate surface area is 123 Å². The molecule has 1 saturated heterocycles. The van der Waals surface area contributed by atoms with Crippen LogP contribution in [0.1, 0.15) is 12.6 Å². The van der Waals surface area contributed by atoms with Gasteiger partial charge in [-0.3, -0.25) is 14.7 Å². The van der Waals surface area contributed by atoms with Crippen molar-refractivity contribution in [3.05, 3.63) is 22.1 Å². The van der Waals surface area contributed by atoms with Crippen LogP contribution in [0.4, 0.5) is 5.95 Å². The lowest BCUT2D eigenvalue weighted by Crippen LogP contribution is -2.48. The summed E-state index contributed by atoms with van der Waals surface area (Å²) < 4.78 is 0. The first-order valence-corrected chi connectivity index (χ1v) is 8.23. The molecule has 0 aliphatic carbocycles. The van der Waals surface area contributed by atoms with Crippen molar-refractivity contribution in [3.63, 3.8) is 0 Å². The van der Waals surface area contributed by atoms with Crippen molar-refractivity contribution < 1.29 is 0 Å². The Balaban J connectivity index is 2.02. The number of rotatable bonds is 6. The van der Waals surface area contributed by atoms with E-state index in [0.29, 0.717) is 12.5 Å². The van der Waals surface area contributed by atoms with E-state index in [2.05, 4.69) is 26.7 Å². The van der Waals surface area contributed by atoms with Crippen molar-refractivity contribution in [2.75, 3.05) is 49.9 Å². The summed E-state index contributed by atoms with van der Waals surface area (Å²) >= 11 is 1.78. The molecule has 1 fully saturated rings. The zero-order chi connectivity index (χ0) is 14.4. The number of nitrogens with two attached hydrogens (primary N) is 1. The summed E-state index contributed by atoms with van der Waals surface area (Å²) in [4.78, 5) is 23.6. The van der Waals surface area contributed by atoms with Crippen molar-refractivity contribution in [1.29, 1.82) is 0 Å². The third-order valence-corrected chi connectivity index (χ3v) is 4.26. The lowest BCUT2D eigenvalue weighted by molar-refractivity contribution is 0.263. The molecule has 3 N–H and O–H groups in total. The fraction of sp³-hybridized carbons (Fsp3) is 0.692. The molecule has 0 spiro atoms. The third kappa shape index (κ3) is 4.22. The van der Waals surface area contributed by atoms with Gasteiger partial charge in [0, 0.05) is 51.1 Å². The second kappa shape index (κ2) is 7.66. The SMILES string of the molecule is CCSCc1cc(=O)[nH]c(N2CCN(CCN)CC2)n1. The predicted octanol–water partition coefficient (Wildman–Crippen LogP) is 0.104. The van der Waals surface area contributed by atoms with Crippen LogP contribution < -0.4 is 16.2 Å². The molecule has 0 unspecified atom stereocenters. The fourth-order valence-electron chi connectivity index (χ4n) is 2.29. The van der Waals surface area contributed by atoms with Gasteiger partial charge in [0.1, 0.15) is 0 Å². The highest BCUT2D eigenvalue weighted by molar-refractivity contribution is 7.98. The van der Waals surface area contributed by atoms with Crippen LogP contribution in [0.3, 0.4) is 0 Å². The van der Waals surface area contributed by atoms with E-state index >= 15 is 0 Å². The van der Waals surface area contributed by atoms with Gasteiger partial charge < -0.3 is 10.6 Å². The molecule has 0 bridgehead atoms. The number of thioether (sulfide) groups is 1. The summed E-state index contributed by atoms with van der Waals surface area (Å²) in [6, 6.07) is 1.59. The van der Waals surface area contributed by atoms with Gasteiger partial charge >= 0.3 is 0 Å². The average molecular weight is 297 g/mol. The van der Waals surface area contributed by atoms with Crippen molar-refractivity contribution in [3.8, 4) is 0 Å². The number of nitrogens with zero attached hydrogens (tertiary/aromatic N) is 3. The van der Waals surface area contributed by atoms with Crippen LogP contribution in [0.2, 0.25) is 0 Å². The van der Waals surface area contributed by atoms with E-state index < -0.39 is 0 Å². The van der Waals surface area contributed by atoms with E-state index in [1.807, 2.05) is 0 Å². The molecule has 0 saturated carbocycles. The zero-order valence-corrected chi connectivity index (χ0v) is 12.8. The number of anilines is 1. The lowest BCUT2D eigenvalue weighted by Gasteiger charge is -2.34. The quantitative estimate of drug-likeness (QED) is 0.775. The van der Waals surface area contributed by atoms with Gasteiger partial charge in [-0.15, -0.1) is 0 Å². The van der Waals surface area contributed by atoms with Crippen LogP contribution in [-0.2, 0) is 5.75 Å². The van der Waals surface area contributed by atoms with Gasteiger partial charge in [-0.2, -0.15) is 11.8 Å². The van der Waals surface area contributed by atoms with Crippen LogP contribution in [-0.4, -0.2) is 59.9 Å². The number of nitrogens with one attached hydrogen (secondary N) is 1. The molecule has 0 aromatic carbocycles. The summed E-state index contributed by atoms with van der Waals surface area (Å²) in [5, 5.41) is 0. The molecule has 0 amide bonds. The van der Waals surface area contributed by atoms with Crippen molar-refractivity contribution in [2.45, 2.75) is 12.7 Å². The monoisotopic (exact) mass is 297 g/mol. The molecule has 2 rings (SSSR count). The molecule has 20 heavy (non-hydrogen) atoms. The number of hydrogen-bond acceptors (Lipinski definition) is 6. The second-order valence-corrected chi connectivity index (χ2v) is 6.09. The van der Waals surface area contributed by atoms with E-state index in [-0.39, 0.29) is 5.56 Å². The molecule has 0 atom stereocenters. The maximum absolute atomic E-state index is 11.7. The van der Waals surface area contributed by atoms with Gasteiger partial charge in [-0.05, 0) is 5.75 Å². The standard InChI is InChI=1S/C13H23N5OS/c1-2-20-10-11-9-12(19)16-13(15-11)18-7-5-17(4-3-14)6-8-18/h9H,2-8,10,14H2,1H3,(H,15,16,19). The Bertz CT molecular complexity index is 470. The topological polar surface area (TPSA) is 78.2 Å². The summed E-state index contributed by atoms with van der Waals surface area (Å²) in [7, 11) is 0. The lowest BCUT2D eigenvalue weighted by atomic mass is 10.3. The maximum atomic E-state index is 11.7. The number of aromatic nitrogens is 2. The Morgan fingerprint density at radius 2 is 2.15 bits per heavy atom. The fourth-order valence-corrected chi connectivity index (χ4v) is 2.85. The highest BCUT2D eigenvalue weighted by Crippen LogP contribution is 2.13. The minimum absolute atomic E-state index is 0.0638. The van der Waals surface area contributed by atoms with Gasteiger partial charge in [-0.25, -0.2) is 4.98 Å². The molecule has 1 aromatic rings. The Hall–Kier alpha value is -1.05. The van der Waals surface area contributed by atoms with E-state index in [1.165, 1.54) is 0 Å². The smallest absolute Gasteiger partial charge is 0.252 e. The normalized spacial score (nSPS) is 16.6. The largest absolute Gasteiger partial charge is 0.340 e. The van der Waals surface area contributed by atoms with E-state index in [0.717, 1.165) is 49.9 Å². The molecule has 112 valence electrons. The summed E-state index contributed by atoms with van der Waals surface area (Å²) in [5.41, 5.74) is 6.37. The van der Waals surface area contributed by atoms with Crippen LogP contribution in [0, 0.1) is 0 Å². The van der Waals surface area contributed by atoms with Crippen LogP contribution in [0.25, 0.3) is 0 Å². The minimum atomic E-state index is -0.0638. The van der Waals surface area contributed by atoms with Gasteiger partial charge in [0.25, 0.3) is 5.56 Å². The van der Waals surface area contributed by atoms with Crippen molar-refractivity contribution >= 4 is 17.7 Å². The maximum Gasteiger partial charge on any atom is 0.252 e. The number of aromatic amines is 1. The van der Waals surface area contributed by atoms with Crippen molar-refractivity contribution in [2.24, 2.45) is 5.73 Å². The molecular formula is C13H23N5OS. The first-order valence-electron chi connectivity index (χ1n) is 7.08. The first kappa shape index (κ1) is 15.3. The van der Waals surface area contributed by atoms with Gasteiger partial charge in [0.15, 0.2) is 0 Å². The molecule has 0 radical (unpaired) electrons. The minimum Gasteiger partial charge on any atom is -0.340 e.